The normalized spacial score (nSPS) is 20.1. The van der Waals surface area contributed by atoms with Crippen LogP contribution in [0.2, 0.25) is 0 Å². The summed E-state index contributed by atoms with van der Waals surface area (Å²) in [6.07, 6.45) is 0. The number of benzene rings is 6. The lowest BCUT2D eigenvalue weighted by Crippen LogP contribution is -2.44. The van der Waals surface area contributed by atoms with Gasteiger partial charge in [0.1, 0.15) is 0 Å². The standard InChI is InChI=1S/C38H25Br/c39-29-24-22-28(23-25-29)37(26-12-3-1-4-13-26)33-19-9-10-20-34(33)38(27-14-5-2-6-15-27)32-18-8-7-16-30(32)31-17-11-21-35(37)36(31)38/h1-25H. The molecule has 2 aliphatic rings. The van der Waals surface area contributed by atoms with Crippen LogP contribution in [0.15, 0.2) is 156 Å². The van der Waals surface area contributed by atoms with Gasteiger partial charge in [-0.05, 0) is 67.8 Å². The SMILES string of the molecule is Brc1ccc(C2(c3ccccc3)c3ccccc3C3(c4ccccc4)c4ccccc4-c4cccc2c43)cc1. The fourth-order valence-corrected chi connectivity index (χ4v) is 7.82. The van der Waals surface area contributed by atoms with Gasteiger partial charge in [-0.25, -0.2) is 0 Å². The van der Waals surface area contributed by atoms with E-state index in [-0.39, 0.29) is 0 Å². The van der Waals surface area contributed by atoms with E-state index in [0.29, 0.717) is 0 Å². The maximum absolute atomic E-state index is 3.70. The Bertz CT molecular complexity index is 1850. The van der Waals surface area contributed by atoms with Crippen LogP contribution in [-0.2, 0) is 10.8 Å². The first-order valence-corrected chi connectivity index (χ1v) is 14.3. The highest BCUT2D eigenvalue weighted by atomic mass is 79.9. The van der Waals surface area contributed by atoms with E-state index in [4.69, 9.17) is 0 Å². The molecule has 0 nitrogen and oxygen atoms in total. The molecular formula is C38H25Br. The zero-order valence-corrected chi connectivity index (χ0v) is 22.9. The van der Waals surface area contributed by atoms with Crippen molar-refractivity contribution in [2.45, 2.75) is 10.8 Å². The lowest BCUT2D eigenvalue weighted by Gasteiger charge is -2.49. The van der Waals surface area contributed by atoms with Crippen molar-refractivity contribution >= 4 is 15.9 Å². The highest BCUT2D eigenvalue weighted by Crippen LogP contribution is 2.65. The molecule has 2 unspecified atom stereocenters. The van der Waals surface area contributed by atoms with Crippen molar-refractivity contribution in [2.75, 3.05) is 0 Å². The van der Waals surface area contributed by atoms with E-state index in [9.17, 15) is 0 Å². The summed E-state index contributed by atoms with van der Waals surface area (Å²) in [7, 11) is 0. The van der Waals surface area contributed by atoms with E-state index in [0.717, 1.165) is 4.47 Å². The second-order valence-electron chi connectivity index (χ2n) is 10.6. The molecular weight excluding hydrogens is 536 g/mol. The topological polar surface area (TPSA) is 0 Å². The highest BCUT2D eigenvalue weighted by molar-refractivity contribution is 9.10. The molecule has 184 valence electrons. The van der Waals surface area contributed by atoms with Crippen molar-refractivity contribution in [1.82, 2.24) is 0 Å². The third-order valence-electron chi connectivity index (χ3n) is 8.89. The molecule has 8 rings (SSSR count). The van der Waals surface area contributed by atoms with Crippen LogP contribution in [0.5, 0.6) is 0 Å². The Labute approximate surface area is 237 Å². The van der Waals surface area contributed by atoms with E-state index < -0.39 is 10.8 Å². The van der Waals surface area contributed by atoms with Gasteiger partial charge in [0, 0.05) is 4.47 Å². The molecule has 0 aromatic heterocycles. The van der Waals surface area contributed by atoms with Gasteiger partial charge in [-0.15, -0.1) is 0 Å². The van der Waals surface area contributed by atoms with E-state index in [1.165, 1.54) is 55.6 Å². The second kappa shape index (κ2) is 8.40. The third-order valence-corrected chi connectivity index (χ3v) is 9.42. The Kier molecular flexibility index (Phi) is 4.90. The van der Waals surface area contributed by atoms with Gasteiger partial charge in [-0.3, -0.25) is 0 Å². The number of hydrogen-bond donors (Lipinski definition) is 0. The van der Waals surface area contributed by atoms with E-state index in [1.54, 1.807) is 0 Å². The number of halogens is 1. The maximum Gasteiger partial charge on any atom is 0.0720 e. The van der Waals surface area contributed by atoms with Gasteiger partial charge >= 0.3 is 0 Å². The van der Waals surface area contributed by atoms with Crippen molar-refractivity contribution < 1.29 is 0 Å². The third kappa shape index (κ3) is 2.84. The molecule has 0 saturated heterocycles. The van der Waals surface area contributed by atoms with Crippen LogP contribution >= 0.6 is 15.9 Å². The number of rotatable bonds is 3. The summed E-state index contributed by atoms with van der Waals surface area (Å²) >= 11 is 3.70. The van der Waals surface area contributed by atoms with Crippen LogP contribution in [0.25, 0.3) is 11.1 Å². The van der Waals surface area contributed by atoms with Crippen molar-refractivity contribution in [1.29, 1.82) is 0 Å². The molecule has 0 spiro atoms. The summed E-state index contributed by atoms with van der Waals surface area (Å²) in [4.78, 5) is 0. The summed E-state index contributed by atoms with van der Waals surface area (Å²) in [5.41, 5.74) is 12.5. The van der Waals surface area contributed by atoms with Gasteiger partial charge in [0.2, 0.25) is 0 Å². The molecule has 39 heavy (non-hydrogen) atoms. The largest absolute Gasteiger partial charge is 0.0720 e. The van der Waals surface area contributed by atoms with Gasteiger partial charge in [0.15, 0.2) is 0 Å². The minimum Gasteiger partial charge on any atom is -0.0622 e. The Morgan fingerprint density at radius 2 is 0.795 bits per heavy atom. The summed E-state index contributed by atoms with van der Waals surface area (Å²) in [6.45, 7) is 0. The van der Waals surface area contributed by atoms with Crippen LogP contribution in [0.3, 0.4) is 0 Å². The minimum atomic E-state index is -0.468. The van der Waals surface area contributed by atoms with Gasteiger partial charge in [0.25, 0.3) is 0 Å². The molecule has 6 aromatic carbocycles. The molecule has 0 amide bonds. The first-order chi connectivity index (χ1) is 19.3. The number of fused-ring (bicyclic) bond motifs is 5. The fraction of sp³-hybridized carbons (Fsp3) is 0.0526. The van der Waals surface area contributed by atoms with Crippen LogP contribution in [0.4, 0.5) is 0 Å². The van der Waals surface area contributed by atoms with Crippen LogP contribution < -0.4 is 0 Å². The Morgan fingerprint density at radius 1 is 0.333 bits per heavy atom. The van der Waals surface area contributed by atoms with Gasteiger partial charge < -0.3 is 0 Å². The first-order valence-electron chi connectivity index (χ1n) is 13.5. The molecule has 0 fully saturated rings. The zero-order valence-electron chi connectivity index (χ0n) is 21.3. The molecule has 0 aliphatic heterocycles. The second-order valence-corrected chi connectivity index (χ2v) is 11.5. The zero-order chi connectivity index (χ0) is 26.0. The molecule has 0 radical (unpaired) electrons. The van der Waals surface area contributed by atoms with Crippen molar-refractivity contribution in [3.05, 3.63) is 201 Å². The minimum absolute atomic E-state index is 0.395. The summed E-state index contributed by atoms with van der Waals surface area (Å²) in [6, 6.07) is 56.3. The Morgan fingerprint density at radius 3 is 1.46 bits per heavy atom. The van der Waals surface area contributed by atoms with Gasteiger partial charge in [-0.1, -0.05) is 155 Å². The monoisotopic (exact) mass is 560 g/mol. The smallest absolute Gasteiger partial charge is 0.0622 e. The molecule has 1 heteroatoms. The predicted octanol–water partition coefficient (Wildman–Crippen LogP) is 9.51. The quantitative estimate of drug-likeness (QED) is 0.202. The highest BCUT2D eigenvalue weighted by Gasteiger charge is 2.57. The summed E-state index contributed by atoms with van der Waals surface area (Å²) in [5.74, 6) is 0. The van der Waals surface area contributed by atoms with E-state index in [1.807, 2.05) is 0 Å². The lowest BCUT2D eigenvalue weighted by molar-refractivity contribution is 0.626. The Hall–Kier alpha value is -4.20. The van der Waals surface area contributed by atoms with Gasteiger partial charge in [-0.2, -0.15) is 0 Å². The lowest BCUT2D eigenvalue weighted by atomic mass is 9.52. The molecule has 0 heterocycles. The Balaban J connectivity index is 1.64. The van der Waals surface area contributed by atoms with E-state index >= 15 is 0 Å². The summed E-state index contributed by atoms with van der Waals surface area (Å²) < 4.78 is 1.09. The molecule has 0 N–H and O–H groups in total. The predicted molar refractivity (Wildman–Crippen MR) is 163 cm³/mol. The molecule has 6 aromatic rings. The number of hydrogen-bond acceptors (Lipinski definition) is 0. The van der Waals surface area contributed by atoms with Crippen LogP contribution in [-0.4, -0.2) is 0 Å². The van der Waals surface area contributed by atoms with Crippen molar-refractivity contribution in [3.8, 4) is 11.1 Å². The average Bonchev–Trinajstić information content (AvgIpc) is 3.32. The van der Waals surface area contributed by atoms with Gasteiger partial charge in [0.05, 0.1) is 10.8 Å². The molecule has 0 saturated carbocycles. The molecule has 2 atom stereocenters. The van der Waals surface area contributed by atoms with Crippen molar-refractivity contribution in [2.24, 2.45) is 0 Å². The van der Waals surface area contributed by atoms with Crippen LogP contribution in [0.1, 0.15) is 44.5 Å². The van der Waals surface area contributed by atoms with Crippen molar-refractivity contribution in [3.63, 3.8) is 0 Å². The molecule has 2 aliphatic carbocycles. The van der Waals surface area contributed by atoms with Crippen LogP contribution in [0, 0.1) is 0 Å². The first kappa shape index (κ1) is 22.8. The fourth-order valence-electron chi connectivity index (χ4n) is 7.56. The molecule has 0 bridgehead atoms. The summed E-state index contributed by atoms with van der Waals surface area (Å²) in [5, 5.41) is 0. The average molecular weight is 562 g/mol. The maximum atomic E-state index is 3.70. The van der Waals surface area contributed by atoms with E-state index in [2.05, 4.69) is 168 Å².